The quantitative estimate of drug-likeness (QED) is 0.656. The number of hydrogen-bond acceptors (Lipinski definition) is 5. The molecule has 0 atom stereocenters. The first-order valence-corrected chi connectivity index (χ1v) is 8.32. The Morgan fingerprint density at radius 3 is 2.31 bits per heavy atom. The minimum absolute atomic E-state index is 0.193. The average Bonchev–Trinajstić information content (AvgIpc) is 2.64. The van der Waals surface area contributed by atoms with Crippen LogP contribution in [0.4, 0.5) is 17.2 Å². The Morgan fingerprint density at radius 1 is 0.962 bits per heavy atom. The maximum Gasteiger partial charge on any atom is 0.276 e. The molecule has 1 amide bonds. The van der Waals surface area contributed by atoms with Gasteiger partial charge in [-0.2, -0.15) is 0 Å². The summed E-state index contributed by atoms with van der Waals surface area (Å²) in [6, 6.07) is 15.3. The van der Waals surface area contributed by atoms with Crippen molar-refractivity contribution in [2.45, 2.75) is 0 Å². The zero-order valence-electron chi connectivity index (χ0n) is 13.7. The van der Waals surface area contributed by atoms with E-state index in [1.54, 1.807) is 61.7 Å². The van der Waals surface area contributed by atoms with E-state index in [-0.39, 0.29) is 11.6 Å². The molecule has 0 saturated heterocycles. The van der Waals surface area contributed by atoms with Crippen molar-refractivity contribution in [3.05, 3.63) is 70.3 Å². The van der Waals surface area contributed by atoms with E-state index >= 15 is 0 Å². The third-order valence-corrected chi connectivity index (χ3v) is 3.97. The maximum absolute atomic E-state index is 12.2. The Labute approximate surface area is 160 Å². The SMILES string of the molecule is COc1ccc(Nc2ccc(C(=O)Nc3ccc(Cl)cc3)nn2)cc1Cl. The molecule has 26 heavy (non-hydrogen) atoms. The second-order valence-corrected chi connectivity index (χ2v) is 6.08. The van der Waals surface area contributed by atoms with E-state index in [9.17, 15) is 4.79 Å². The number of carbonyl (C=O) groups is 1. The molecule has 8 heteroatoms. The molecule has 0 spiro atoms. The lowest BCUT2D eigenvalue weighted by molar-refractivity contribution is 0.102. The second-order valence-electron chi connectivity index (χ2n) is 5.24. The standard InChI is InChI=1S/C18H14Cl2N4O2/c1-26-16-8-6-13(10-14(16)20)21-17-9-7-15(23-24-17)18(25)22-12-4-2-11(19)3-5-12/h2-10H,1H3,(H,21,24)(H,22,25). The first-order valence-electron chi connectivity index (χ1n) is 7.56. The minimum atomic E-state index is -0.362. The van der Waals surface area contributed by atoms with Crippen LogP contribution in [-0.2, 0) is 0 Å². The number of aromatic nitrogens is 2. The molecule has 2 aromatic carbocycles. The summed E-state index contributed by atoms with van der Waals surface area (Å²) < 4.78 is 5.11. The van der Waals surface area contributed by atoms with Crippen molar-refractivity contribution < 1.29 is 9.53 Å². The number of halogens is 2. The van der Waals surface area contributed by atoms with Gasteiger partial charge in [0.15, 0.2) is 11.5 Å². The second kappa shape index (κ2) is 8.03. The summed E-state index contributed by atoms with van der Waals surface area (Å²) in [5.41, 5.74) is 1.54. The summed E-state index contributed by atoms with van der Waals surface area (Å²) in [6.45, 7) is 0. The number of ether oxygens (including phenoxy) is 1. The predicted molar refractivity (Wildman–Crippen MR) is 103 cm³/mol. The largest absolute Gasteiger partial charge is 0.495 e. The van der Waals surface area contributed by atoms with Crippen molar-refractivity contribution in [3.8, 4) is 5.75 Å². The number of hydrogen-bond donors (Lipinski definition) is 2. The highest BCUT2D eigenvalue weighted by atomic mass is 35.5. The van der Waals surface area contributed by atoms with E-state index in [0.717, 1.165) is 5.69 Å². The van der Waals surface area contributed by atoms with Gasteiger partial charge in [0.05, 0.1) is 12.1 Å². The maximum atomic E-state index is 12.2. The van der Waals surface area contributed by atoms with E-state index in [0.29, 0.717) is 27.3 Å². The van der Waals surface area contributed by atoms with Crippen LogP contribution in [0, 0.1) is 0 Å². The zero-order chi connectivity index (χ0) is 18.5. The number of carbonyl (C=O) groups excluding carboxylic acids is 1. The smallest absolute Gasteiger partial charge is 0.276 e. The molecule has 0 unspecified atom stereocenters. The molecule has 0 radical (unpaired) electrons. The number of anilines is 3. The lowest BCUT2D eigenvalue weighted by Crippen LogP contribution is -2.14. The Hall–Kier alpha value is -2.83. The van der Waals surface area contributed by atoms with Gasteiger partial charge in [-0.1, -0.05) is 23.2 Å². The van der Waals surface area contributed by atoms with Crippen molar-refractivity contribution in [1.82, 2.24) is 10.2 Å². The first kappa shape index (κ1) is 18.0. The van der Waals surface area contributed by atoms with Crippen LogP contribution in [0.2, 0.25) is 10.0 Å². The molecule has 0 fully saturated rings. The number of nitrogens with one attached hydrogen (secondary N) is 2. The normalized spacial score (nSPS) is 10.3. The van der Waals surface area contributed by atoms with Crippen LogP contribution >= 0.6 is 23.2 Å². The van der Waals surface area contributed by atoms with E-state index in [4.69, 9.17) is 27.9 Å². The highest BCUT2D eigenvalue weighted by molar-refractivity contribution is 6.32. The molecule has 0 aliphatic rings. The Morgan fingerprint density at radius 2 is 1.69 bits per heavy atom. The topological polar surface area (TPSA) is 76.1 Å². The third-order valence-electron chi connectivity index (χ3n) is 3.42. The molecular weight excluding hydrogens is 375 g/mol. The van der Waals surface area contributed by atoms with Crippen molar-refractivity contribution in [3.63, 3.8) is 0 Å². The van der Waals surface area contributed by atoms with Gasteiger partial charge in [0, 0.05) is 16.4 Å². The van der Waals surface area contributed by atoms with Gasteiger partial charge in [0.2, 0.25) is 0 Å². The lowest BCUT2D eigenvalue weighted by Gasteiger charge is -2.08. The molecule has 2 N–H and O–H groups in total. The molecule has 6 nitrogen and oxygen atoms in total. The summed E-state index contributed by atoms with van der Waals surface area (Å²) in [5, 5.41) is 14.8. The van der Waals surface area contributed by atoms with Gasteiger partial charge in [0.25, 0.3) is 5.91 Å². The summed E-state index contributed by atoms with van der Waals surface area (Å²) >= 11 is 11.9. The highest BCUT2D eigenvalue weighted by Crippen LogP contribution is 2.28. The number of methoxy groups -OCH3 is 1. The van der Waals surface area contributed by atoms with Crippen molar-refractivity contribution in [2.75, 3.05) is 17.7 Å². The monoisotopic (exact) mass is 388 g/mol. The fraction of sp³-hybridized carbons (Fsp3) is 0.0556. The van der Waals surface area contributed by atoms with Gasteiger partial charge in [-0.15, -0.1) is 10.2 Å². The van der Waals surface area contributed by atoms with Crippen LogP contribution in [0.25, 0.3) is 0 Å². The fourth-order valence-electron chi connectivity index (χ4n) is 2.14. The van der Waals surface area contributed by atoms with Crippen molar-refractivity contribution in [2.24, 2.45) is 0 Å². The van der Waals surface area contributed by atoms with Crippen LogP contribution in [-0.4, -0.2) is 23.2 Å². The Bertz CT molecular complexity index is 915. The summed E-state index contributed by atoms with van der Waals surface area (Å²) in [7, 11) is 1.55. The molecule has 3 rings (SSSR count). The van der Waals surface area contributed by atoms with Crippen LogP contribution in [0.5, 0.6) is 5.75 Å². The van der Waals surface area contributed by atoms with Crippen LogP contribution in [0.1, 0.15) is 10.5 Å². The third kappa shape index (κ3) is 4.41. The van der Waals surface area contributed by atoms with E-state index in [1.807, 2.05) is 0 Å². The number of amides is 1. The summed E-state index contributed by atoms with van der Waals surface area (Å²) in [4.78, 5) is 12.2. The predicted octanol–water partition coefficient (Wildman–Crippen LogP) is 4.79. The number of benzene rings is 2. The van der Waals surface area contributed by atoms with Gasteiger partial charge >= 0.3 is 0 Å². The molecule has 3 aromatic rings. The summed E-state index contributed by atoms with van der Waals surface area (Å²) in [5.74, 6) is 0.700. The lowest BCUT2D eigenvalue weighted by atomic mass is 10.3. The highest BCUT2D eigenvalue weighted by Gasteiger charge is 2.09. The van der Waals surface area contributed by atoms with E-state index < -0.39 is 0 Å². The van der Waals surface area contributed by atoms with Gasteiger partial charge in [-0.05, 0) is 54.6 Å². The molecule has 1 aromatic heterocycles. The number of rotatable bonds is 5. The van der Waals surface area contributed by atoms with Gasteiger partial charge in [-0.25, -0.2) is 0 Å². The molecular formula is C18H14Cl2N4O2. The minimum Gasteiger partial charge on any atom is -0.495 e. The van der Waals surface area contributed by atoms with Crippen LogP contribution in [0.15, 0.2) is 54.6 Å². The van der Waals surface area contributed by atoms with Crippen molar-refractivity contribution >= 4 is 46.3 Å². The van der Waals surface area contributed by atoms with Crippen LogP contribution in [0.3, 0.4) is 0 Å². The average molecular weight is 389 g/mol. The first-order chi connectivity index (χ1) is 12.5. The molecule has 0 bridgehead atoms. The zero-order valence-corrected chi connectivity index (χ0v) is 15.2. The van der Waals surface area contributed by atoms with Crippen LogP contribution < -0.4 is 15.4 Å². The van der Waals surface area contributed by atoms with Gasteiger partial charge in [0.1, 0.15) is 5.75 Å². The summed E-state index contributed by atoms with van der Waals surface area (Å²) in [6.07, 6.45) is 0. The Kier molecular flexibility index (Phi) is 5.55. The molecule has 0 aliphatic heterocycles. The number of nitrogens with zero attached hydrogens (tertiary/aromatic N) is 2. The van der Waals surface area contributed by atoms with E-state index in [2.05, 4.69) is 20.8 Å². The Balaban J connectivity index is 1.67. The molecule has 1 heterocycles. The van der Waals surface area contributed by atoms with Gasteiger partial charge < -0.3 is 15.4 Å². The fourth-order valence-corrected chi connectivity index (χ4v) is 2.52. The van der Waals surface area contributed by atoms with Crippen molar-refractivity contribution in [1.29, 1.82) is 0 Å². The molecule has 0 aliphatic carbocycles. The molecule has 0 saturated carbocycles. The molecule has 132 valence electrons. The van der Waals surface area contributed by atoms with E-state index in [1.165, 1.54) is 0 Å². The van der Waals surface area contributed by atoms with Gasteiger partial charge in [-0.3, -0.25) is 4.79 Å².